The zero-order chi connectivity index (χ0) is 14.9. The molecule has 0 bridgehead atoms. The van der Waals surface area contributed by atoms with Crippen LogP contribution in [0, 0.1) is 5.92 Å². The fourth-order valence-electron chi connectivity index (χ4n) is 2.50. The highest BCUT2D eigenvalue weighted by Gasteiger charge is 2.34. The zero-order valence-electron chi connectivity index (χ0n) is 12.6. The first-order valence-electron chi connectivity index (χ1n) is 7.12. The second kappa shape index (κ2) is 5.83. The minimum absolute atomic E-state index is 0.0348. The first-order chi connectivity index (χ1) is 9.33. The quantitative estimate of drug-likeness (QED) is 0.878. The topological polar surface area (TPSA) is 67.2 Å². The van der Waals surface area contributed by atoms with E-state index in [2.05, 4.69) is 35.5 Å². The lowest BCUT2D eigenvalue weighted by atomic mass is 10.1. The van der Waals surface area contributed by atoms with E-state index in [9.17, 15) is 8.42 Å². The normalized spacial score (nSPS) is 24.6. The first kappa shape index (κ1) is 15.5. The van der Waals surface area contributed by atoms with Crippen LogP contribution in [0.5, 0.6) is 0 Å². The van der Waals surface area contributed by atoms with Crippen molar-refractivity contribution >= 4 is 10.0 Å². The summed E-state index contributed by atoms with van der Waals surface area (Å²) in [5.74, 6) is 0.313. The summed E-state index contributed by atoms with van der Waals surface area (Å²) in [6, 6.07) is 0.405. The lowest BCUT2D eigenvalue weighted by Gasteiger charge is -2.20. The van der Waals surface area contributed by atoms with Gasteiger partial charge in [0, 0.05) is 37.9 Å². The Morgan fingerprint density at radius 2 is 2.15 bits per heavy atom. The van der Waals surface area contributed by atoms with Crippen molar-refractivity contribution in [3.63, 3.8) is 0 Å². The fraction of sp³-hybridized carbons (Fsp3) is 0.769. The van der Waals surface area contributed by atoms with Crippen LogP contribution in [-0.2, 0) is 16.6 Å². The Bertz CT molecular complexity index is 552. The fourth-order valence-corrected chi connectivity index (χ4v) is 3.79. The molecule has 1 aromatic heterocycles. The van der Waals surface area contributed by atoms with Crippen LogP contribution >= 0.6 is 0 Å². The van der Waals surface area contributed by atoms with Crippen molar-refractivity contribution in [3.8, 4) is 0 Å². The van der Waals surface area contributed by atoms with Gasteiger partial charge in [0.25, 0.3) is 0 Å². The van der Waals surface area contributed by atoms with Crippen LogP contribution < -0.4 is 4.72 Å². The molecule has 2 heterocycles. The number of nitrogens with one attached hydrogen (secondary N) is 1. The molecule has 0 saturated carbocycles. The van der Waals surface area contributed by atoms with Gasteiger partial charge >= 0.3 is 0 Å². The minimum atomic E-state index is -3.48. The molecule has 1 aromatic rings. The lowest BCUT2D eigenvalue weighted by molar-refractivity contribution is 0.265. The minimum Gasteiger partial charge on any atom is -0.299 e. The van der Waals surface area contributed by atoms with Gasteiger partial charge in [0.2, 0.25) is 10.0 Å². The monoisotopic (exact) mass is 300 g/mol. The molecule has 1 N–H and O–H groups in total. The van der Waals surface area contributed by atoms with Crippen molar-refractivity contribution in [3.05, 3.63) is 12.4 Å². The Hall–Kier alpha value is -0.920. The highest BCUT2D eigenvalue weighted by Crippen LogP contribution is 2.20. The molecular weight excluding hydrogens is 276 g/mol. The van der Waals surface area contributed by atoms with Crippen LogP contribution in [0.1, 0.15) is 27.7 Å². The zero-order valence-corrected chi connectivity index (χ0v) is 13.4. The first-order valence-corrected chi connectivity index (χ1v) is 8.60. The number of likely N-dealkylation sites (tertiary alicyclic amines) is 1. The van der Waals surface area contributed by atoms with Crippen LogP contribution in [0.25, 0.3) is 0 Å². The van der Waals surface area contributed by atoms with Gasteiger partial charge in [0.15, 0.2) is 0 Å². The Kier molecular flexibility index (Phi) is 4.51. The Balaban J connectivity index is 2.09. The number of aromatic nitrogens is 2. The standard InChI is InChI=1S/C13H24N4O2S/c1-5-17-8-12(6-14-17)20(18,19)15-13-9-16(10(2)3)7-11(13)4/h6,8,10-11,13,15H,5,7,9H2,1-4H3/t11-,13+/m0/s1. The van der Waals surface area contributed by atoms with E-state index in [0.29, 0.717) is 18.5 Å². The summed E-state index contributed by atoms with van der Waals surface area (Å²) in [5, 5.41) is 4.02. The highest BCUT2D eigenvalue weighted by atomic mass is 32.2. The van der Waals surface area contributed by atoms with Gasteiger partial charge in [-0.1, -0.05) is 6.92 Å². The summed E-state index contributed by atoms with van der Waals surface area (Å²) in [4.78, 5) is 2.54. The third-order valence-corrected chi connectivity index (χ3v) is 5.37. The average molecular weight is 300 g/mol. The van der Waals surface area contributed by atoms with Gasteiger partial charge < -0.3 is 0 Å². The van der Waals surface area contributed by atoms with E-state index in [0.717, 1.165) is 13.1 Å². The Morgan fingerprint density at radius 3 is 2.65 bits per heavy atom. The van der Waals surface area contributed by atoms with Crippen molar-refractivity contribution < 1.29 is 8.42 Å². The lowest BCUT2D eigenvalue weighted by Crippen LogP contribution is -2.40. The molecule has 114 valence electrons. The van der Waals surface area contributed by atoms with Crippen molar-refractivity contribution in [1.82, 2.24) is 19.4 Å². The largest absolute Gasteiger partial charge is 0.299 e. The molecule has 2 atom stereocenters. The van der Waals surface area contributed by atoms with Crippen LogP contribution in [0.15, 0.2) is 17.3 Å². The van der Waals surface area contributed by atoms with Gasteiger partial charge in [-0.05, 0) is 26.7 Å². The van der Waals surface area contributed by atoms with Gasteiger partial charge in [-0.15, -0.1) is 0 Å². The predicted octanol–water partition coefficient (Wildman–Crippen LogP) is 0.910. The number of hydrogen-bond acceptors (Lipinski definition) is 4. The maximum absolute atomic E-state index is 12.4. The second-order valence-corrected chi connectivity index (χ2v) is 7.50. The van der Waals surface area contributed by atoms with Crippen LogP contribution in [0.3, 0.4) is 0 Å². The molecule has 0 aromatic carbocycles. The molecule has 20 heavy (non-hydrogen) atoms. The summed E-state index contributed by atoms with van der Waals surface area (Å²) < 4.78 is 29.2. The van der Waals surface area contributed by atoms with Gasteiger partial charge in [-0.3, -0.25) is 9.58 Å². The highest BCUT2D eigenvalue weighted by molar-refractivity contribution is 7.89. The molecule has 0 aliphatic carbocycles. The average Bonchev–Trinajstić information content (AvgIpc) is 2.97. The predicted molar refractivity (Wildman–Crippen MR) is 77.9 cm³/mol. The van der Waals surface area contributed by atoms with E-state index in [1.807, 2.05) is 6.92 Å². The van der Waals surface area contributed by atoms with Gasteiger partial charge in [0.1, 0.15) is 4.90 Å². The number of sulfonamides is 1. The van der Waals surface area contributed by atoms with Crippen LogP contribution in [0.4, 0.5) is 0 Å². The summed E-state index contributed by atoms with van der Waals surface area (Å²) >= 11 is 0. The molecule has 1 aliphatic rings. The van der Waals surface area contributed by atoms with E-state index in [1.165, 1.54) is 6.20 Å². The van der Waals surface area contributed by atoms with E-state index in [1.54, 1.807) is 10.9 Å². The number of hydrogen-bond donors (Lipinski definition) is 1. The molecule has 0 unspecified atom stereocenters. The van der Waals surface area contributed by atoms with E-state index in [4.69, 9.17) is 0 Å². The smallest absolute Gasteiger partial charge is 0.243 e. The van der Waals surface area contributed by atoms with E-state index < -0.39 is 10.0 Å². The molecule has 0 amide bonds. The molecule has 2 rings (SSSR count). The number of nitrogens with zero attached hydrogens (tertiary/aromatic N) is 3. The molecule has 7 heteroatoms. The van der Waals surface area contributed by atoms with Gasteiger partial charge in [-0.2, -0.15) is 5.10 Å². The molecule has 6 nitrogen and oxygen atoms in total. The van der Waals surface area contributed by atoms with Crippen molar-refractivity contribution in [2.45, 2.75) is 51.2 Å². The molecule has 0 spiro atoms. The van der Waals surface area contributed by atoms with Crippen LogP contribution in [-0.4, -0.2) is 48.3 Å². The maximum Gasteiger partial charge on any atom is 0.243 e. The third kappa shape index (κ3) is 3.21. The second-order valence-electron chi connectivity index (χ2n) is 5.78. The van der Waals surface area contributed by atoms with Gasteiger partial charge in [-0.25, -0.2) is 13.1 Å². The van der Waals surface area contributed by atoms with E-state index >= 15 is 0 Å². The summed E-state index contributed by atoms with van der Waals surface area (Å²) in [6.07, 6.45) is 2.98. The summed E-state index contributed by atoms with van der Waals surface area (Å²) in [6.45, 7) is 10.6. The molecule has 1 fully saturated rings. The van der Waals surface area contributed by atoms with Crippen molar-refractivity contribution in [1.29, 1.82) is 0 Å². The maximum atomic E-state index is 12.4. The van der Waals surface area contributed by atoms with E-state index in [-0.39, 0.29) is 10.9 Å². The van der Waals surface area contributed by atoms with Gasteiger partial charge in [0.05, 0.1) is 6.20 Å². The van der Waals surface area contributed by atoms with Crippen molar-refractivity contribution in [2.24, 2.45) is 5.92 Å². The molecular formula is C13H24N4O2S. The molecule has 0 radical (unpaired) electrons. The molecule has 1 aliphatic heterocycles. The van der Waals surface area contributed by atoms with Crippen molar-refractivity contribution in [2.75, 3.05) is 13.1 Å². The summed E-state index contributed by atoms with van der Waals surface area (Å²) in [5.41, 5.74) is 0. The Morgan fingerprint density at radius 1 is 1.45 bits per heavy atom. The Labute approximate surface area is 121 Å². The van der Waals surface area contributed by atoms with Crippen LogP contribution in [0.2, 0.25) is 0 Å². The number of aryl methyl sites for hydroxylation is 1. The third-order valence-electron chi connectivity index (χ3n) is 3.92. The SMILES string of the molecule is CCn1cc(S(=O)(=O)N[C@@H]2CN(C(C)C)C[C@@H]2C)cn1. The summed E-state index contributed by atoms with van der Waals surface area (Å²) in [7, 11) is -3.48. The molecule has 1 saturated heterocycles. The number of rotatable bonds is 5.